The normalized spacial score (nSPS) is 11.0. The van der Waals surface area contributed by atoms with E-state index in [1.165, 1.54) is 12.1 Å². The molecule has 5 heteroatoms. The molecule has 0 atom stereocenters. The number of hydrogen-bond donors (Lipinski definition) is 1. The van der Waals surface area contributed by atoms with Gasteiger partial charge >= 0.3 is 0 Å². The second-order valence-electron chi connectivity index (χ2n) is 2.72. The molecule has 0 fully saturated rings. The van der Waals surface area contributed by atoms with E-state index in [4.69, 9.17) is 0 Å². The molecule has 0 amide bonds. The predicted molar refractivity (Wildman–Crippen MR) is 60.0 cm³/mol. The number of hydrazone groups is 1. The molecule has 1 rings (SSSR count). The van der Waals surface area contributed by atoms with Crippen molar-refractivity contribution in [2.45, 2.75) is 6.92 Å². The van der Waals surface area contributed by atoms with Gasteiger partial charge in [0.05, 0.1) is 10.6 Å². The van der Waals surface area contributed by atoms with Crippen LogP contribution in [0.4, 0.5) is 11.4 Å². The molecule has 0 radical (unpaired) electrons. The van der Waals surface area contributed by atoms with Crippen molar-refractivity contribution in [2.24, 2.45) is 5.10 Å². The maximum Gasteiger partial charge on any atom is 0.269 e. The minimum atomic E-state index is -0.438. The molecule has 0 aliphatic rings. The van der Waals surface area contributed by atoms with Gasteiger partial charge in [-0.25, -0.2) is 0 Å². The third-order valence-corrected chi connectivity index (χ3v) is 1.62. The summed E-state index contributed by atoms with van der Waals surface area (Å²) < 4.78 is 0. The summed E-state index contributed by atoms with van der Waals surface area (Å²) in [7, 11) is 0. The maximum atomic E-state index is 10.4. The highest BCUT2D eigenvalue weighted by Crippen LogP contribution is 2.14. The molecular formula is C10H11N3O2. The van der Waals surface area contributed by atoms with Gasteiger partial charge in [-0.05, 0) is 25.1 Å². The molecule has 0 heterocycles. The fraction of sp³-hybridized carbons (Fsp3) is 0.100. The molecule has 5 nitrogen and oxygen atoms in total. The molecule has 0 aliphatic carbocycles. The van der Waals surface area contributed by atoms with Crippen molar-refractivity contribution in [1.82, 2.24) is 0 Å². The molecule has 15 heavy (non-hydrogen) atoms. The van der Waals surface area contributed by atoms with E-state index in [0.717, 1.165) is 0 Å². The minimum absolute atomic E-state index is 0.0676. The first-order valence-electron chi connectivity index (χ1n) is 4.39. The van der Waals surface area contributed by atoms with E-state index in [0.29, 0.717) is 5.69 Å². The molecule has 78 valence electrons. The van der Waals surface area contributed by atoms with E-state index in [-0.39, 0.29) is 5.69 Å². The molecule has 0 saturated heterocycles. The maximum absolute atomic E-state index is 10.4. The van der Waals surface area contributed by atoms with Crippen LogP contribution >= 0.6 is 0 Å². The second-order valence-corrected chi connectivity index (χ2v) is 2.72. The van der Waals surface area contributed by atoms with Gasteiger partial charge in [-0.1, -0.05) is 6.08 Å². The van der Waals surface area contributed by atoms with Crippen molar-refractivity contribution in [3.8, 4) is 0 Å². The van der Waals surface area contributed by atoms with Gasteiger partial charge in [0.2, 0.25) is 0 Å². The summed E-state index contributed by atoms with van der Waals surface area (Å²) in [5.74, 6) is 0. The topological polar surface area (TPSA) is 67.5 Å². The average Bonchev–Trinajstić information content (AvgIpc) is 2.25. The van der Waals surface area contributed by atoms with Crippen molar-refractivity contribution in [3.63, 3.8) is 0 Å². The molecule has 1 aromatic carbocycles. The number of allylic oxidation sites excluding steroid dienone is 2. The molecule has 0 aromatic heterocycles. The molecular weight excluding hydrogens is 194 g/mol. The number of hydrogen-bond acceptors (Lipinski definition) is 4. The van der Waals surface area contributed by atoms with E-state index < -0.39 is 4.92 Å². The molecule has 0 unspecified atom stereocenters. The van der Waals surface area contributed by atoms with Gasteiger partial charge in [-0.3, -0.25) is 15.5 Å². The lowest BCUT2D eigenvalue weighted by Crippen LogP contribution is -1.90. The summed E-state index contributed by atoms with van der Waals surface area (Å²) in [5, 5.41) is 14.2. The predicted octanol–water partition coefficient (Wildman–Crippen LogP) is 2.57. The highest BCUT2D eigenvalue weighted by Gasteiger charge is 2.02. The van der Waals surface area contributed by atoms with Gasteiger partial charge in [0.25, 0.3) is 5.69 Å². The lowest BCUT2D eigenvalue weighted by molar-refractivity contribution is -0.384. The number of nitro benzene ring substituents is 1. The van der Waals surface area contributed by atoms with Crippen molar-refractivity contribution < 1.29 is 4.92 Å². The van der Waals surface area contributed by atoms with Crippen molar-refractivity contribution >= 4 is 17.6 Å². The molecule has 0 aliphatic heterocycles. The van der Waals surface area contributed by atoms with Crippen molar-refractivity contribution in [3.05, 3.63) is 46.5 Å². The third-order valence-electron chi connectivity index (χ3n) is 1.62. The number of rotatable bonds is 4. The van der Waals surface area contributed by atoms with E-state index >= 15 is 0 Å². The largest absolute Gasteiger partial charge is 0.279 e. The quantitative estimate of drug-likeness (QED) is 0.466. The van der Waals surface area contributed by atoms with Gasteiger partial charge < -0.3 is 0 Å². The van der Waals surface area contributed by atoms with Crippen LogP contribution in [0.25, 0.3) is 0 Å². The monoisotopic (exact) mass is 205 g/mol. The van der Waals surface area contributed by atoms with Crippen molar-refractivity contribution in [2.75, 3.05) is 5.43 Å². The Kier molecular flexibility index (Phi) is 4.03. The Bertz CT molecular complexity index is 382. The van der Waals surface area contributed by atoms with Crippen LogP contribution in [0.1, 0.15) is 6.92 Å². The van der Waals surface area contributed by atoms with Crippen LogP contribution in [0.15, 0.2) is 41.5 Å². The Morgan fingerprint density at radius 1 is 1.40 bits per heavy atom. The van der Waals surface area contributed by atoms with Crippen LogP contribution in [-0.2, 0) is 0 Å². The number of nitrogens with zero attached hydrogens (tertiary/aromatic N) is 2. The summed E-state index contributed by atoms with van der Waals surface area (Å²) >= 11 is 0. The number of non-ortho nitro benzene ring substituents is 1. The highest BCUT2D eigenvalue weighted by molar-refractivity contribution is 5.71. The number of anilines is 1. The fourth-order valence-corrected chi connectivity index (χ4v) is 0.899. The first-order chi connectivity index (χ1) is 7.24. The average molecular weight is 205 g/mol. The summed E-state index contributed by atoms with van der Waals surface area (Å²) in [6.07, 6.45) is 5.22. The lowest BCUT2D eigenvalue weighted by Gasteiger charge is -1.97. The second kappa shape index (κ2) is 5.54. The van der Waals surface area contributed by atoms with Gasteiger partial charge in [-0.2, -0.15) is 5.10 Å². The van der Waals surface area contributed by atoms with Crippen LogP contribution in [0.2, 0.25) is 0 Å². The Balaban J connectivity index is 2.61. The standard InChI is InChI=1S/C10H11N3O2/c1-2-3-8-11-12-9-4-6-10(7-5-9)13(14)15/h2-8,12H,1H3/b3-2+,11-8+. The first kappa shape index (κ1) is 10.9. The molecule has 0 spiro atoms. The highest BCUT2D eigenvalue weighted by atomic mass is 16.6. The number of nitrogens with one attached hydrogen (secondary N) is 1. The zero-order valence-electron chi connectivity index (χ0n) is 8.25. The fourth-order valence-electron chi connectivity index (χ4n) is 0.899. The van der Waals surface area contributed by atoms with Crippen LogP contribution in [0.5, 0.6) is 0 Å². The van der Waals surface area contributed by atoms with E-state index in [2.05, 4.69) is 10.5 Å². The zero-order chi connectivity index (χ0) is 11.1. The van der Waals surface area contributed by atoms with Gasteiger partial charge in [0.1, 0.15) is 0 Å². The van der Waals surface area contributed by atoms with E-state index in [9.17, 15) is 10.1 Å². The van der Waals surface area contributed by atoms with Crippen LogP contribution in [-0.4, -0.2) is 11.1 Å². The molecule has 0 bridgehead atoms. The Morgan fingerprint density at radius 2 is 2.07 bits per heavy atom. The van der Waals surface area contributed by atoms with E-state index in [1.807, 2.05) is 13.0 Å². The lowest BCUT2D eigenvalue weighted by atomic mass is 10.3. The molecule has 1 N–H and O–H groups in total. The van der Waals surface area contributed by atoms with E-state index in [1.54, 1.807) is 24.4 Å². The number of benzene rings is 1. The molecule has 0 saturated carbocycles. The summed E-state index contributed by atoms with van der Waals surface area (Å²) in [5.41, 5.74) is 3.52. The Labute approximate surface area is 87.3 Å². The van der Waals surface area contributed by atoms with Crippen LogP contribution in [0, 0.1) is 10.1 Å². The van der Waals surface area contributed by atoms with Crippen LogP contribution < -0.4 is 5.43 Å². The van der Waals surface area contributed by atoms with Crippen molar-refractivity contribution in [1.29, 1.82) is 0 Å². The Hall–Kier alpha value is -2.17. The summed E-state index contributed by atoms with van der Waals surface area (Å²) in [4.78, 5) is 9.92. The summed E-state index contributed by atoms with van der Waals surface area (Å²) in [6.45, 7) is 1.89. The molecule has 1 aromatic rings. The Morgan fingerprint density at radius 3 is 2.60 bits per heavy atom. The van der Waals surface area contributed by atoms with Crippen LogP contribution in [0.3, 0.4) is 0 Å². The van der Waals surface area contributed by atoms with Gasteiger partial charge in [0, 0.05) is 18.3 Å². The number of nitro groups is 1. The van der Waals surface area contributed by atoms with Gasteiger partial charge in [0.15, 0.2) is 0 Å². The SMILES string of the molecule is C/C=C/C=N/Nc1ccc([N+](=O)[O-])cc1. The smallest absolute Gasteiger partial charge is 0.269 e. The third kappa shape index (κ3) is 3.60. The summed E-state index contributed by atoms with van der Waals surface area (Å²) in [6, 6.07) is 6.05. The first-order valence-corrected chi connectivity index (χ1v) is 4.39. The zero-order valence-corrected chi connectivity index (χ0v) is 8.25. The minimum Gasteiger partial charge on any atom is -0.279 e. The van der Waals surface area contributed by atoms with Gasteiger partial charge in [-0.15, -0.1) is 0 Å².